The molecule has 4 rings (SSSR count). The van der Waals surface area contributed by atoms with Crippen LogP contribution in [0.2, 0.25) is 0 Å². The number of quaternary nitrogens is 1. The van der Waals surface area contributed by atoms with Crippen LogP contribution in [0.5, 0.6) is 0 Å². The number of aryl methyl sites for hydroxylation is 1. The second-order valence-corrected chi connectivity index (χ2v) is 8.17. The predicted octanol–water partition coefficient (Wildman–Crippen LogP) is 1.99. The van der Waals surface area contributed by atoms with Gasteiger partial charge >= 0.3 is 10.0 Å². The Bertz CT molecular complexity index is 1080. The van der Waals surface area contributed by atoms with Crippen molar-refractivity contribution in [3.8, 4) is 0 Å². The topological polar surface area (TPSA) is 93.0 Å². The molecule has 27 heavy (non-hydrogen) atoms. The van der Waals surface area contributed by atoms with Gasteiger partial charge < -0.3 is 14.7 Å². The van der Waals surface area contributed by atoms with Crippen LogP contribution in [0.15, 0.2) is 59.6 Å². The van der Waals surface area contributed by atoms with Crippen molar-refractivity contribution in [3.05, 3.63) is 71.1 Å². The first-order valence-electron chi connectivity index (χ1n) is 8.45. The minimum absolute atomic E-state index is 0.0283. The predicted molar refractivity (Wildman–Crippen MR) is 98.7 cm³/mol. The molecule has 0 saturated carbocycles. The Labute approximate surface area is 156 Å². The molecule has 1 aromatic heterocycles. The molecule has 1 fully saturated rings. The molecule has 1 aliphatic heterocycles. The molecule has 1 aliphatic rings. The van der Waals surface area contributed by atoms with E-state index in [-0.39, 0.29) is 10.6 Å². The van der Waals surface area contributed by atoms with Gasteiger partial charge in [-0.25, -0.2) is 9.45 Å². The molecule has 0 radical (unpaired) electrons. The summed E-state index contributed by atoms with van der Waals surface area (Å²) in [6, 6.07) is 12.9. The molecule has 1 N–H and O–H groups in total. The van der Waals surface area contributed by atoms with Crippen LogP contribution in [0.3, 0.4) is 0 Å². The molecule has 7 nitrogen and oxygen atoms in total. The van der Waals surface area contributed by atoms with Crippen LogP contribution in [-0.4, -0.2) is 26.6 Å². The van der Waals surface area contributed by atoms with Crippen molar-refractivity contribution in [2.45, 2.75) is 18.1 Å². The van der Waals surface area contributed by atoms with E-state index < -0.39 is 20.8 Å². The Morgan fingerprint density at radius 3 is 2.52 bits per heavy atom. The number of sulfonamides is 1. The Morgan fingerprint density at radius 1 is 1.11 bits per heavy atom. The number of pyridine rings is 1. The van der Waals surface area contributed by atoms with Gasteiger partial charge in [0.15, 0.2) is 12.0 Å². The number of nitrogens with one attached hydrogen (secondary N) is 1. The van der Waals surface area contributed by atoms with Crippen LogP contribution in [0.25, 0.3) is 10.9 Å². The van der Waals surface area contributed by atoms with E-state index in [1.165, 1.54) is 18.2 Å². The number of para-hydroxylation sites is 1. The summed E-state index contributed by atoms with van der Waals surface area (Å²) in [7, 11) is -4.15. The lowest BCUT2D eigenvalue weighted by atomic mass is 10.1. The molecule has 0 bridgehead atoms. The van der Waals surface area contributed by atoms with Gasteiger partial charge in [0.05, 0.1) is 13.2 Å². The van der Waals surface area contributed by atoms with Gasteiger partial charge in [-0.3, -0.25) is 0 Å². The summed E-state index contributed by atoms with van der Waals surface area (Å²) in [6.45, 7) is 2.87. The van der Waals surface area contributed by atoms with E-state index in [1.807, 2.05) is 6.92 Å². The van der Waals surface area contributed by atoms with E-state index in [9.17, 15) is 13.6 Å². The van der Waals surface area contributed by atoms with Gasteiger partial charge in [-0.2, -0.15) is 8.42 Å². The fraction of sp³-hybridized carbons (Fsp3) is 0.211. The Morgan fingerprint density at radius 2 is 1.81 bits per heavy atom. The molecule has 8 heteroatoms. The summed E-state index contributed by atoms with van der Waals surface area (Å²) in [6.07, 6.45) is 1.06. The lowest BCUT2D eigenvalue weighted by Crippen LogP contribution is -3.04. The molecule has 2 heterocycles. The van der Waals surface area contributed by atoms with Crippen molar-refractivity contribution in [2.24, 2.45) is 0 Å². The van der Waals surface area contributed by atoms with Crippen LogP contribution in [-0.2, 0) is 19.5 Å². The van der Waals surface area contributed by atoms with E-state index in [0.29, 0.717) is 24.1 Å². The molecule has 1 saturated heterocycles. The molecule has 2 aromatic carbocycles. The summed E-state index contributed by atoms with van der Waals surface area (Å²) in [5, 5.41) is 13.5. The zero-order chi connectivity index (χ0) is 19.0. The zero-order valence-electron chi connectivity index (χ0n) is 14.6. The Hall–Kier alpha value is -2.36. The van der Waals surface area contributed by atoms with Crippen molar-refractivity contribution >= 4 is 26.6 Å². The zero-order valence-corrected chi connectivity index (χ0v) is 15.4. The van der Waals surface area contributed by atoms with Crippen molar-refractivity contribution in [1.82, 2.24) is 4.98 Å². The fourth-order valence-corrected chi connectivity index (χ4v) is 4.15. The van der Waals surface area contributed by atoms with Crippen molar-refractivity contribution in [1.29, 1.82) is 0 Å². The molecular weight excluding hydrogens is 368 g/mol. The van der Waals surface area contributed by atoms with E-state index in [4.69, 9.17) is 9.47 Å². The molecule has 1 unspecified atom stereocenters. The van der Waals surface area contributed by atoms with Gasteiger partial charge in [-0.15, -0.1) is 0 Å². The largest absolute Gasteiger partial charge is 0.612 e. The first kappa shape index (κ1) is 18.0. The van der Waals surface area contributed by atoms with Crippen molar-refractivity contribution in [3.63, 3.8) is 0 Å². The van der Waals surface area contributed by atoms with Gasteiger partial charge in [-0.1, -0.05) is 29.8 Å². The number of ether oxygens (including phenoxy) is 2. The normalized spacial score (nSPS) is 16.7. The molecule has 3 aromatic rings. The Kier molecular flexibility index (Phi) is 4.67. The molecule has 0 aliphatic carbocycles. The highest BCUT2D eigenvalue weighted by atomic mass is 32.2. The van der Waals surface area contributed by atoms with E-state index in [2.05, 4.69) is 4.98 Å². The van der Waals surface area contributed by atoms with E-state index >= 15 is 0 Å². The number of rotatable bonds is 4. The third-order valence-electron chi connectivity index (χ3n) is 4.42. The van der Waals surface area contributed by atoms with Crippen molar-refractivity contribution in [2.75, 3.05) is 13.2 Å². The molecule has 1 atom stereocenters. The van der Waals surface area contributed by atoms with Crippen LogP contribution in [0, 0.1) is 12.1 Å². The molecule has 140 valence electrons. The van der Waals surface area contributed by atoms with Gasteiger partial charge in [0.25, 0.3) is 0 Å². The molecule has 0 spiro atoms. The number of hydrogen-bond acceptors (Lipinski definition) is 6. The van der Waals surface area contributed by atoms with Crippen LogP contribution in [0.1, 0.15) is 17.4 Å². The maximum atomic E-state index is 12.8. The van der Waals surface area contributed by atoms with Gasteiger partial charge in [0.1, 0.15) is 10.4 Å². The summed E-state index contributed by atoms with van der Waals surface area (Å²) in [4.78, 5) is 4.29. The second kappa shape index (κ2) is 6.99. The average Bonchev–Trinajstić information content (AvgIpc) is 3.21. The molecule has 0 amide bonds. The van der Waals surface area contributed by atoms with Crippen LogP contribution in [0.4, 0.5) is 5.69 Å². The number of hydrogen-bond donors (Lipinski definition) is 1. The smallest absolute Gasteiger partial charge is 0.330 e. The van der Waals surface area contributed by atoms with Crippen LogP contribution >= 0.6 is 0 Å². The van der Waals surface area contributed by atoms with Gasteiger partial charge in [0, 0.05) is 23.2 Å². The Balaban J connectivity index is 1.75. The number of benzene rings is 2. The SMILES string of the molecule is Cc1ccc(S(=O)(=O)[NH+]([O-])c2cccc3cc(C4OCCO4)cnc23)cc1. The van der Waals surface area contributed by atoms with Crippen LogP contribution < -0.4 is 4.47 Å². The maximum absolute atomic E-state index is 12.8. The maximum Gasteiger partial charge on any atom is 0.330 e. The highest BCUT2D eigenvalue weighted by molar-refractivity contribution is 7.85. The monoisotopic (exact) mass is 386 g/mol. The number of nitrogens with zero attached hydrogens (tertiary/aromatic N) is 1. The first-order valence-corrected chi connectivity index (χ1v) is 9.93. The average molecular weight is 386 g/mol. The highest BCUT2D eigenvalue weighted by Gasteiger charge is 2.26. The second-order valence-electron chi connectivity index (χ2n) is 6.32. The fourth-order valence-electron chi connectivity index (χ4n) is 2.99. The van der Waals surface area contributed by atoms with Gasteiger partial charge in [0.2, 0.25) is 0 Å². The van der Waals surface area contributed by atoms with Crippen molar-refractivity contribution < 1.29 is 22.4 Å². The third-order valence-corrected chi connectivity index (χ3v) is 6.02. The first-order chi connectivity index (χ1) is 13.0. The summed E-state index contributed by atoms with van der Waals surface area (Å²) in [5.41, 5.74) is 2.02. The lowest BCUT2D eigenvalue weighted by molar-refractivity contribution is -0.623. The van der Waals surface area contributed by atoms with Gasteiger partial charge in [-0.05, 0) is 25.1 Å². The lowest BCUT2D eigenvalue weighted by Gasteiger charge is -2.22. The number of aromatic nitrogens is 1. The highest BCUT2D eigenvalue weighted by Crippen LogP contribution is 2.27. The van der Waals surface area contributed by atoms with E-state index in [0.717, 1.165) is 11.1 Å². The summed E-state index contributed by atoms with van der Waals surface area (Å²) < 4.78 is 35.5. The quantitative estimate of drug-likeness (QED) is 0.690. The minimum Gasteiger partial charge on any atom is -0.612 e. The summed E-state index contributed by atoms with van der Waals surface area (Å²) >= 11 is 0. The minimum atomic E-state index is -4.15. The standard InChI is InChI=1S/C19H18N2O5S/c1-13-5-7-16(8-6-13)27(23,24)21(22)17-4-2-3-14-11-15(12-20-18(14)17)19-25-9-10-26-19/h2-8,11-12,19,21H,9-10H2,1H3. The molecular formula is C19H18N2O5S. The third kappa shape index (κ3) is 3.33. The number of fused-ring (bicyclic) bond motifs is 1. The summed E-state index contributed by atoms with van der Waals surface area (Å²) in [5.74, 6) is 0. The van der Waals surface area contributed by atoms with E-state index in [1.54, 1.807) is 36.5 Å².